The molecule has 2 N–H and O–H groups in total. The van der Waals surface area contributed by atoms with Crippen LogP contribution >= 0.6 is 0 Å². The highest BCUT2D eigenvalue weighted by atomic mass is 16.5. The van der Waals surface area contributed by atoms with Gasteiger partial charge < -0.3 is 19.5 Å². The van der Waals surface area contributed by atoms with Crippen molar-refractivity contribution >= 4 is 12.6 Å². The van der Waals surface area contributed by atoms with E-state index in [1.807, 2.05) is 26.0 Å². The zero-order valence-corrected chi connectivity index (χ0v) is 12.1. The number of aryl methyl sites for hydroxylation is 2. The molecule has 0 radical (unpaired) electrons. The van der Waals surface area contributed by atoms with Crippen LogP contribution in [0.3, 0.4) is 0 Å². The molecule has 0 atom stereocenters. The van der Waals surface area contributed by atoms with Gasteiger partial charge in [-0.2, -0.15) is 0 Å². The van der Waals surface area contributed by atoms with Gasteiger partial charge in [0.2, 0.25) is 0 Å². The molecule has 1 aliphatic heterocycles. The number of morpholine rings is 1. The zero-order chi connectivity index (χ0) is 14.5. The van der Waals surface area contributed by atoms with Crippen LogP contribution in [0.15, 0.2) is 12.1 Å². The quantitative estimate of drug-likeness (QED) is 0.724. The van der Waals surface area contributed by atoms with E-state index in [0.29, 0.717) is 17.8 Å². The summed E-state index contributed by atoms with van der Waals surface area (Å²) in [6.07, 6.45) is 0. The lowest BCUT2D eigenvalue weighted by Crippen LogP contribution is -2.39. The molecule has 1 heterocycles. The van der Waals surface area contributed by atoms with Crippen LogP contribution in [0.25, 0.3) is 0 Å². The first-order valence-electron chi connectivity index (χ1n) is 6.98. The van der Waals surface area contributed by atoms with Crippen molar-refractivity contribution in [1.82, 2.24) is 4.90 Å². The summed E-state index contributed by atoms with van der Waals surface area (Å²) in [5, 5.41) is 18.9. The van der Waals surface area contributed by atoms with Crippen molar-refractivity contribution in [3.05, 3.63) is 23.3 Å². The highest BCUT2D eigenvalue weighted by molar-refractivity contribution is 6.60. The van der Waals surface area contributed by atoms with Crippen molar-refractivity contribution in [3.63, 3.8) is 0 Å². The lowest BCUT2D eigenvalue weighted by atomic mass is 9.76. The number of nitrogens with zero attached hydrogens (tertiary/aromatic N) is 1. The molecule has 1 aromatic rings. The summed E-state index contributed by atoms with van der Waals surface area (Å²) in [5.41, 5.74) is 2.34. The van der Waals surface area contributed by atoms with Crippen LogP contribution in [-0.2, 0) is 4.74 Å². The maximum Gasteiger partial charge on any atom is 0.492 e. The Balaban J connectivity index is 1.97. The standard InChI is InChI=1S/C14H22BNO4/c1-11-9-12(2)14(15(17)18)13(10-11)20-8-5-16-3-6-19-7-4-16/h9-10,17-18H,3-8H2,1-2H3. The fourth-order valence-electron chi connectivity index (χ4n) is 2.50. The molecule has 0 bridgehead atoms. The van der Waals surface area contributed by atoms with Gasteiger partial charge in [-0.1, -0.05) is 6.07 Å². The molecule has 110 valence electrons. The molecule has 1 aliphatic rings. The number of ether oxygens (including phenoxy) is 2. The Kier molecular flexibility index (Phi) is 5.42. The molecule has 20 heavy (non-hydrogen) atoms. The fourth-order valence-corrected chi connectivity index (χ4v) is 2.50. The second kappa shape index (κ2) is 7.08. The summed E-state index contributed by atoms with van der Waals surface area (Å²) in [5.74, 6) is 0.561. The smallest absolute Gasteiger partial charge is 0.492 e. The number of benzene rings is 1. The predicted octanol–water partition coefficient (Wildman–Crippen LogP) is -0.306. The Labute approximate surface area is 120 Å². The van der Waals surface area contributed by atoms with E-state index in [1.54, 1.807) is 0 Å². The predicted molar refractivity (Wildman–Crippen MR) is 78.5 cm³/mol. The molecule has 6 heteroatoms. The van der Waals surface area contributed by atoms with Gasteiger partial charge in [0.15, 0.2) is 0 Å². The molecular weight excluding hydrogens is 257 g/mol. The summed E-state index contributed by atoms with van der Waals surface area (Å²) in [6, 6.07) is 3.77. The minimum Gasteiger partial charge on any atom is -0.493 e. The molecule has 0 amide bonds. The molecular formula is C14H22BNO4. The van der Waals surface area contributed by atoms with Gasteiger partial charge in [0, 0.05) is 25.1 Å². The number of rotatable bonds is 5. The Hall–Kier alpha value is -1.08. The summed E-state index contributed by atoms with van der Waals surface area (Å²) in [6.45, 7) is 8.55. The molecule has 1 saturated heterocycles. The van der Waals surface area contributed by atoms with Crippen LogP contribution < -0.4 is 10.2 Å². The Morgan fingerprint density at radius 2 is 1.95 bits per heavy atom. The first-order chi connectivity index (χ1) is 9.58. The third-order valence-electron chi connectivity index (χ3n) is 3.52. The maximum absolute atomic E-state index is 9.47. The highest BCUT2D eigenvalue weighted by Gasteiger charge is 2.20. The second-order valence-corrected chi connectivity index (χ2v) is 5.17. The van der Waals surface area contributed by atoms with Crippen LogP contribution in [0.4, 0.5) is 0 Å². The Morgan fingerprint density at radius 1 is 1.25 bits per heavy atom. The van der Waals surface area contributed by atoms with Gasteiger partial charge in [-0.15, -0.1) is 0 Å². The molecule has 0 spiro atoms. The van der Waals surface area contributed by atoms with Gasteiger partial charge in [-0.3, -0.25) is 4.90 Å². The molecule has 0 aromatic heterocycles. The van der Waals surface area contributed by atoms with Gasteiger partial charge in [0.05, 0.1) is 13.2 Å². The normalized spacial score (nSPS) is 16.2. The van der Waals surface area contributed by atoms with Gasteiger partial charge in [-0.05, 0) is 31.0 Å². The minimum atomic E-state index is -1.51. The van der Waals surface area contributed by atoms with Gasteiger partial charge >= 0.3 is 7.12 Å². The van der Waals surface area contributed by atoms with E-state index in [1.165, 1.54) is 0 Å². The first-order valence-corrected chi connectivity index (χ1v) is 6.98. The summed E-state index contributed by atoms with van der Waals surface area (Å²) in [7, 11) is -1.51. The lowest BCUT2D eigenvalue weighted by molar-refractivity contribution is 0.0323. The van der Waals surface area contributed by atoms with Crippen LogP contribution in [0, 0.1) is 13.8 Å². The van der Waals surface area contributed by atoms with E-state index < -0.39 is 7.12 Å². The summed E-state index contributed by atoms with van der Waals surface area (Å²) >= 11 is 0. The minimum absolute atomic E-state index is 0.456. The van der Waals surface area contributed by atoms with Crippen molar-refractivity contribution in [2.45, 2.75) is 13.8 Å². The van der Waals surface area contributed by atoms with E-state index in [4.69, 9.17) is 9.47 Å². The van der Waals surface area contributed by atoms with Crippen molar-refractivity contribution in [2.75, 3.05) is 39.5 Å². The van der Waals surface area contributed by atoms with Crippen LogP contribution in [0.2, 0.25) is 0 Å². The molecule has 2 rings (SSSR count). The average molecular weight is 279 g/mol. The molecule has 1 aromatic carbocycles. The summed E-state index contributed by atoms with van der Waals surface area (Å²) in [4.78, 5) is 2.28. The molecule has 0 saturated carbocycles. The van der Waals surface area contributed by atoms with Crippen molar-refractivity contribution in [2.24, 2.45) is 0 Å². The van der Waals surface area contributed by atoms with Crippen LogP contribution in [-0.4, -0.2) is 61.5 Å². The van der Waals surface area contributed by atoms with E-state index in [0.717, 1.165) is 44.0 Å². The Morgan fingerprint density at radius 3 is 2.60 bits per heavy atom. The van der Waals surface area contributed by atoms with Crippen molar-refractivity contribution in [1.29, 1.82) is 0 Å². The fraction of sp³-hybridized carbons (Fsp3) is 0.571. The van der Waals surface area contributed by atoms with Crippen molar-refractivity contribution < 1.29 is 19.5 Å². The monoisotopic (exact) mass is 279 g/mol. The SMILES string of the molecule is Cc1cc(C)c(B(O)O)c(OCCN2CCOCC2)c1. The molecule has 0 aliphatic carbocycles. The van der Waals surface area contributed by atoms with Gasteiger partial charge in [-0.25, -0.2) is 0 Å². The molecule has 1 fully saturated rings. The molecule has 5 nitrogen and oxygen atoms in total. The number of hydrogen-bond donors (Lipinski definition) is 2. The topological polar surface area (TPSA) is 62.2 Å². The molecule has 0 unspecified atom stereocenters. The largest absolute Gasteiger partial charge is 0.493 e. The second-order valence-electron chi connectivity index (χ2n) is 5.17. The van der Waals surface area contributed by atoms with E-state index >= 15 is 0 Å². The van der Waals surface area contributed by atoms with E-state index in [2.05, 4.69) is 4.90 Å². The Bertz CT molecular complexity index is 447. The lowest BCUT2D eigenvalue weighted by Gasteiger charge is -2.26. The third-order valence-corrected chi connectivity index (χ3v) is 3.52. The summed E-state index contributed by atoms with van der Waals surface area (Å²) < 4.78 is 11.1. The first kappa shape index (κ1) is 15.3. The van der Waals surface area contributed by atoms with E-state index in [9.17, 15) is 10.0 Å². The van der Waals surface area contributed by atoms with Crippen LogP contribution in [0.5, 0.6) is 5.75 Å². The van der Waals surface area contributed by atoms with Gasteiger partial charge in [0.25, 0.3) is 0 Å². The van der Waals surface area contributed by atoms with Gasteiger partial charge in [0.1, 0.15) is 12.4 Å². The zero-order valence-electron chi connectivity index (χ0n) is 12.1. The number of hydrogen-bond acceptors (Lipinski definition) is 5. The maximum atomic E-state index is 9.47. The average Bonchev–Trinajstić information content (AvgIpc) is 2.38. The van der Waals surface area contributed by atoms with Crippen LogP contribution in [0.1, 0.15) is 11.1 Å². The third kappa shape index (κ3) is 3.96. The van der Waals surface area contributed by atoms with Crippen molar-refractivity contribution in [3.8, 4) is 5.75 Å². The highest BCUT2D eigenvalue weighted by Crippen LogP contribution is 2.14. The van der Waals surface area contributed by atoms with E-state index in [-0.39, 0.29) is 0 Å².